The van der Waals surface area contributed by atoms with E-state index in [1.54, 1.807) is 28.1 Å². The molecule has 0 aliphatic carbocycles. The van der Waals surface area contributed by atoms with Crippen LogP contribution in [0.2, 0.25) is 0 Å². The summed E-state index contributed by atoms with van der Waals surface area (Å²) in [6.07, 6.45) is 1.62. The fourth-order valence-corrected chi connectivity index (χ4v) is 7.19. The molecule has 339 valence electrons. The molecule has 1 unspecified atom stereocenters. The molecule has 14 nitrogen and oxygen atoms in total. The number of halogens is 1. The number of aromatic nitrogens is 4. The van der Waals surface area contributed by atoms with Gasteiger partial charge in [0, 0.05) is 28.3 Å². The first kappa shape index (κ1) is 51.9. The van der Waals surface area contributed by atoms with Crippen LogP contribution in [-0.2, 0) is 51.3 Å². The van der Waals surface area contributed by atoms with E-state index in [1.807, 2.05) is 125 Å². The number of alkyl halides is 1. The number of hydrogen-bond acceptors (Lipinski definition) is 11. The van der Waals surface area contributed by atoms with Crippen LogP contribution in [0, 0.1) is 30.1 Å². The average molecular weight is 1060 g/mol. The van der Waals surface area contributed by atoms with Gasteiger partial charge in [-0.2, -0.15) is 37.9 Å². The van der Waals surface area contributed by atoms with Crippen LogP contribution in [-0.4, -0.2) is 70.7 Å². The maximum Gasteiger partial charge on any atom is 0.280 e. The Morgan fingerprint density at radius 2 is 1.55 bits per heavy atom. The first-order chi connectivity index (χ1) is 29.4. The van der Waals surface area contributed by atoms with Crippen molar-refractivity contribution in [1.29, 1.82) is 5.26 Å². The third kappa shape index (κ3) is 12.4. The van der Waals surface area contributed by atoms with Crippen LogP contribution in [0.25, 0.3) is 11.2 Å². The Labute approximate surface area is 380 Å². The summed E-state index contributed by atoms with van der Waals surface area (Å²) in [5.74, 6) is 0.400. The molecule has 6 rings (SSSR count). The van der Waals surface area contributed by atoms with Gasteiger partial charge in [0.2, 0.25) is 11.9 Å². The molecule has 1 aliphatic heterocycles. The second-order valence-electron chi connectivity index (χ2n) is 14.4. The van der Waals surface area contributed by atoms with E-state index in [0.717, 1.165) is 16.7 Å². The Kier molecular flexibility index (Phi) is 20.9. The summed E-state index contributed by atoms with van der Waals surface area (Å²) in [5.41, 5.74) is -1.99. The standard InChI is InChI=1S/C39H42FN6O8P.2C3H7.Au/c1-24(2)34(47)44-37-43-33-31(35(48)45-37)42-23-46(33)36-38(3,40)32(54-55-52-21-9-20-41)30(53-36)22-51-39(25-10-7-6-8-11-25,26-12-16-28(49-4)17-13-26)27-14-18-29(50-5)19-15-27;2*1-3-2;/h6-8,10-19,23-24,30,32,36,55H,9,21-22H2,1-5H3,(H2,43,44,45,47,48);2*3H,1-2H3;/q;2*-1;/t30-,32-,36-,38-;;;/m1.../s1. The fourth-order valence-electron chi connectivity index (χ4n) is 6.45. The molecular weight excluding hydrogens is 999 g/mol. The topological polar surface area (TPSA) is 172 Å². The van der Waals surface area contributed by atoms with Crippen LogP contribution >= 0.6 is 9.03 Å². The maximum absolute atomic E-state index is 17.5. The number of H-pyrrole nitrogens is 1. The van der Waals surface area contributed by atoms with Crippen molar-refractivity contribution in [3.05, 3.63) is 125 Å². The van der Waals surface area contributed by atoms with Gasteiger partial charge in [0.25, 0.3) is 5.56 Å². The molecule has 0 spiro atoms. The van der Waals surface area contributed by atoms with Gasteiger partial charge in [-0.05, 0) is 47.9 Å². The number of ether oxygens (including phenoxy) is 4. The Balaban J connectivity index is 0.00000138. The Hall–Kier alpha value is -4.49. The molecule has 1 amide bonds. The zero-order chi connectivity index (χ0) is 44.6. The predicted octanol–water partition coefficient (Wildman–Crippen LogP) is 8.65. The number of aromatic amines is 1. The molecule has 2 N–H and O–H groups in total. The van der Waals surface area contributed by atoms with Crippen LogP contribution in [0.4, 0.5) is 10.3 Å². The quantitative estimate of drug-likeness (QED) is 0.0319. The molecule has 1 fully saturated rings. The second kappa shape index (κ2) is 25.0. The molecule has 62 heavy (non-hydrogen) atoms. The van der Waals surface area contributed by atoms with Crippen molar-refractivity contribution in [2.75, 3.05) is 32.8 Å². The molecule has 3 aromatic carbocycles. The summed E-state index contributed by atoms with van der Waals surface area (Å²) in [7, 11) is 2.54. The molecule has 2 aromatic heterocycles. The number of fused-ring (bicyclic) bond motifs is 1. The minimum Gasteiger partial charge on any atom is -0.497 e. The van der Waals surface area contributed by atoms with Crippen LogP contribution in [0.3, 0.4) is 0 Å². The molecule has 5 aromatic rings. The SMILES string of the molecule is COc1ccc(C(OC[C@H]2O[C@@H](n3cnc4c(=O)[nH]c(NC(=O)C(C)C)nc43)[C@](C)(F)[C@@H]2OPOCCC#N)(c2ccccc2)c2ccc(OC)cc2)cc1.C[CH-]C.C[CH-]C.[Au]. The zero-order valence-electron chi connectivity index (χ0n) is 36.4. The summed E-state index contributed by atoms with van der Waals surface area (Å²) in [4.78, 5) is 36.7. The second-order valence-corrected chi connectivity index (χ2v) is 15.1. The number of anilines is 1. The van der Waals surface area contributed by atoms with Gasteiger partial charge in [-0.15, -0.1) is 0 Å². The number of amides is 1. The van der Waals surface area contributed by atoms with Crippen molar-refractivity contribution in [2.45, 2.75) is 84.6 Å². The van der Waals surface area contributed by atoms with Gasteiger partial charge in [0.1, 0.15) is 29.3 Å². The van der Waals surface area contributed by atoms with E-state index in [4.69, 9.17) is 33.3 Å². The summed E-state index contributed by atoms with van der Waals surface area (Å²) < 4.78 is 54.9. The molecule has 0 saturated carbocycles. The van der Waals surface area contributed by atoms with Gasteiger partial charge in [-0.1, -0.05) is 68.4 Å². The average Bonchev–Trinajstić information content (AvgIpc) is 3.79. The van der Waals surface area contributed by atoms with Crippen molar-refractivity contribution < 1.29 is 59.6 Å². The number of rotatable bonds is 16. The van der Waals surface area contributed by atoms with E-state index in [-0.39, 0.29) is 65.0 Å². The molecular formula is C45H56AuFN6O8P-2. The van der Waals surface area contributed by atoms with Gasteiger partial charge < -0.3 is 40.8 Å². The molecule has 1 radical (unpaired) electrons. The van der Waals surface area contributed by atoms with Gasteiger partial charge in [-0.3, -0.25) is 24.5 Å². The number of methoxy groups -OCH3 is 2. The summed E-state index contributed by atoms with van der Waals surface area (Å²) in [6.45, 7) is 12.6. The number of imidazole rings is 1. The number of nitrogens with one attached hydrogen (secondary N) is 2. The minimum atomic E-state index is -2.28. The van der Waals surface area contributed by atoms with E-state index in [0.29, 0.717) is 11.5 Å². The number of nitrogens with zero attached hydrogens (tertiary/aromatic N) is 4. The number of hydrogen-bond donors (Lipinski definition) is 2. The first-order valence-electron chi connectivity index (χ1n) is 19.8. The molecule has 17 heteroatoms. The van der Waals surface area contributed by atoms with E-state index in [1.165, 1.54) is 17.8 Å². The van der Waals surface area contributed by atoms with E-state index in [2.05, 4.69) is 20.3 Å². The van der Waals surface area contributed by atoms with E-state index >= 15 is 4.39 Å². The van der Waals surface area contributed by atoms with E-state index in [9.17, 15) is 9.59 Å². The predicted molar refractivity (Wildman–Crippen MR) is 234 cm³/mol. The summed E-state index contributed by atoms with van der Waals surface area (Å²) in [5, 5.41) is 11.6. The van der Waals surface area contributed by atoms with Crippen molar-refractivity contribution in [2.24, 2.45) is 5.92 Å². The monoisotopic (exact) mass is 1060 g/mol. The largest absolute Gasteiger partial charge is 0.497 e. The van der Waals surface area contributed by atoms with Crippen LogP contribution in [0.15, 0.2) is 90.0 Å². The normalized spacial score (nSPS) is 18.3. The smallest absolute Gasteiger partial charge is 0.280 e. The number of benzene rings is 3. The summed E-state index contributed by atoms with van der Waals surface area (Å²) in [6, 6.07) is 26.6. The Morgan fingerprint density at radius 3 is 2.06 bits per heavy atom. The van der Waals surface area contributed by atoms with Gasteiger partial charge >= 0.3 is 0 Å². The van der Waals surface area contributed by atoms with Gasteiger partial charge in [0.05, 0.1) is 46.3 Å². The fraction of sp³-hybridized carbons (Fsp3) is 0.400. The van der Waals surface area contributed by atoms with Crippen molar-refractivity contribution in [1.82, 2.24) is 19.5 Å². The third-order valence-corrected chi connectivity index (χ3v) is 9.99. The van der Waals surface area contributed by atoms with Gasteiger partial charge in [-0.25, -0.2) is 9.37 Å². The van der Waals surface area contributed by atoms with E-state index < -0.39 is 50.2 Å². The number of carbonyl (C=O) groups excluding carboxylic acids is 1. The molecule has 5 atom stereocenters. The minimum absolute atomic E-state index is 0. The first-order valence-corrected chi connectivity index (χ1v) is 20.7. The zero-order valence-corrected chi connectivity index (χ0v) is 39.6. The number of carbonyl (C=O) groups is 1. The van der Waals surface area contributed by atoms with Crippen LogP contribution < -0.4 is 20.3 Å². The maximum atomic E-state index is 17.5. The summed E-state index contributed by atoms with van der Waals surface area (Å²) >= 11 is 0. The van der Waals surface area contributed by atoms with Gasteiger partial charge in [0.15, 0.2) is 32.1 Å². The van der Waals surface area contributed by atoms with Crippen LogP contribution in [0.1, 0.15) is 77.8 Å². The molecule has 3 heterocycles. The van der Waals surface area contributed by atoms with Crippen molar-refractivity contribution >= 4 is 32.1 Å². The third-order valence-electron chi connectivity index (χ3n) is 9.32. The Bertz CT molecular complexity index is 2170. The number of nitriles is 1. The van der Waals surface area contributed by atoms with Crippen molar-refractivity contribution in [3.63, 3.8) is 0 Å². The Morgan fingerprint density at radius 1 is 1.00 bits per heavy atom. The molecule has 1 aliphatic rings. The molecule has 1 saturated heterocycles. The molecule has 0 bridgehead atoms. The van der Waals surface area contributed by atoms with Crippen LogP contribution in [0.5, 0.6) is 11.5 Å². The van der Waals surface area contributed by atoms with Crippen molar-refractivity contribution in [3.8, 4) is 17.6 Å².